The number of aliphatic hydroxyl groups is 1. The molecule has 2 rings (SSSR count). The molecule has 5 heteroatoms. The van der Waals surface area contributed by atoms with Crippen molar-refractivity contribution in [1.29, 1.82) is 0 Å². The van der Waals surface area contributed by atoms with E-state index in [2.05, 4.69) is 32.9 Å². The summed E-state index contributed by atoms with van der Waals surface area (Å²) in [7, 11) is 0. The highest BCUT2D eigenvalue weighted by atomic mass is 32.2. The number of thioether (sulfide) groups is 1. The monoisotopic (exact) mass is 390 g/mol. The van der Waals surface area contributed by atoms with Gasteiger partial charge in [-0.15, -0.1) is 0 Å². The summed E-state index contributed by atoms with van der Waals surface area (Å²) in [6.07, 6.45) is 2.18. The van der Waals surface area contributed by atoms with E-state index in [0.717, 1.165) is 5.56 Å². The van der Waals surface area contributed by atoms with Crippen LogP contribution in [0.2, 0.25) is 0 Å². The summed E-state index contributed by atoms with van der Waals surface area (Å²) in [6, 6.07) is 8.24. The predicted octanol–water partition coefficient (Wildman–Crippen LogP) is 4.61. The van der Waals surface area contributed by atoms with Crippen LogP contribution in [0.3, 0.4) is 0 Å². The van der Waals surface area contributed by atoms with Gasteiger partial charge >= 0.3 is 5.97 Å². The molecule has 1 aromatic rings. The maximum absolute atomic E-state index is 12.5. The zero-order valence-electron chi connectivity index (χ0n) is 17.0. The van der Waals surface area contributed by atoms with Gasteiger partial charge in [0.25, 0.3) is 0 Å². The summed E-state index contributed by atoms with van der Waals surface area (Å²) in [5.74, 6) is -1.60. The molecule has 0 spiro atoms. The molecular weight excluding hydrogens is 360 g/mol. The Hall–Kier alpha value is -1.75. The number of ketones is 1. The number of hydrogen-bond acceptors (Lipinski definition) is 5. The van der Waals surface area contributed by atoms with Gasteiger partial charge in [0.1, 0.15) is 11.3 Å². The Morgan fingerprint density at radius 3 is 2.30 bits per heavy atom. The lowest BCUT2D eigenvalue weighted by Gasteiger charge is -2.19. The lowest BCUT2D eigenvalue weighted by Crippen LogP contribution is -2.21. The maximum atomic E-state index is 12.5. The third-order valence-corrected chi connectivity index (χ3v) is 6.02. The molecule has 1 aliphatic heterocycles. The average Bonchev–Trinajstić information content (AvgIpc) is 2.87. The molecule has 0 bridgehead atoms. The molecule has 0 aromatic heterocycles. The van der Waals surface area contributed by atoms with Crippen molar-refractivity contribution in [3.8, 4) is 0 Å². The van der Waals surface area contributed by atoms with E-state index in [1.54, 1.807) is 11.8 Å². The van der Waals surface area contributed by atoms with Gasteiger partial charge in [-0.2, -0.15) is 11.8 Å². The zero-order chi connectivity index (χ0) is 20.4. The Morgan fingerprint density at radius 2 is 1.78 bits per heavy atom. The van der Waals surface area contributed by atoms with E-state index in [1.807, 2.05) is 32.2 Å². The Kier molecular flexibility index (Phi) is 6.79. The minimum absolute atomic E-state index is 0.0806. The van der Waals surface area contributed by atoms with E-state index in [9.17, 15) is 14.7 Å². The van der Waals surface area contributed by atoms with E-state index >= 15 is 0 Å². The van der Waals surface area contributed by atoms with E-state index in [-0.39, 0.29) is 27.9 Å². The predicted molar refractivity (Wildman–Crippen MR) is 110 cm³/mol. The number of carbonyl (C=O) groups is 2. The second kappa shape index (κ2) is 8.51. The third kappa shape index (κ3) is 5.16. The number of esters is 1. The summed E-state index contributed by atoms with van der Waals surface area (Å²) in [4.78, 5) is 24.7. The molecule has 3 atom stereocenters. The van der Waals surface area contributed by atoms with Crippen LogP contribution in [0.5, 0.6) is 0 Å². The standard InChI is InChI=1S/C22H30O4S/c1-13(11-15-7-9-16(10-8-15)22(3,4)5)19(23)18-20(24)17(26-21(18)25)12-14(2)27-6/h7-10,13-14,17,23H,11-12H2,1-6H3/b19-18+. The number of ether oxygens (including phenoxy) is 1. The fraction of sp³-hybridized carbons (Fsp3) is 0.545. The fourth-order valence-electron chi connectivity index (χ4n) is 3.12. The van der Waals surface area contributed by atoms with Gasteiger partial charge in [-0.25, -0.2) is 4.79 Å². The first-order valence-electron chi connectivity index (χ1n) is 9.35. The lowest BCUT2D eigenvalue weighted by atomic mass is 9.86. The number of benzene rings is 1. The molecule has 0 amide bonds. The van der Waals surface area contributed by atoms with Crippen LogP contribution in [0.25, 0.3) is 0 Å². The molecule has 1 N–H and O–H groups in total. The van der Waals surface area contributed by atoms with Gasteiger partial charge in [0.15, 0.2) is 6.10 Å². The Bertz CT molecular complexity index is 728. The van der Waals surface area contributed by atoms with Crippen molar-refractivity contribution in [3.05, 3.63) is 46.7 Å². The highest BCUT2D eigenvalue weighted by molar-refractivity contribution is 7.99. The summed E-state index contributed by atoms with van der Waals surface area (Å²) in [6.45, 7) is 10.3. The van der Waals surface area contributed by atoms with Gasteiger partial charge in [-0.05, 0) is 29.2 Å². The van der Waals surface area contributed by atoms with Crippen LogP contribution in [0.15, 0.2) is 35.6 Å². The summed E-state index contributed by atoms with van der Waals surface area (Å²) in [5.41, 5.74) is 2.19. The number of carbonyl (C=O) groups excluding carboxylic acids is 2. The zero-order valence-corrected chi connectivity index (χ0v) is 17.9. The molecular formula is C22H30O4S. The quantitative estimate of drug-likeness (QED) is 0.333. The number of rotatable bonds is 6. The summed E-state index contributed by atoms with van der Waals surface area (Å²) < 4.78 is 5.21. The van der Waals surface area contributed by atoms with Gasteiger partial charge in [0.05, 0.1) is 0 Å². The molecule has 1 aliphatic rings. The molecule has 3 unspecified atom stereocenters. The molecule has 0 aliphatic carbocycles. The van der Waals surface area contributed by atoms with E-state index < -0.39 is 17.9 Å². The van der Waals surface area contributed by atoms with E-state index in [0.29, 0.717) is 12.8 Å². The molecule has 1 fully saturated rings. The van der Waals surface area contributed by atoms with Gasteiger partial charge in [-0.3, -0.25) is 4.79 Å². The Balaban J connectivity index is 2.14. The van der Waals surface area contributed by atoms with Crippen molar-refractivity contribution in [3.63, 3.8) is 0 Å². The largest absolute Gasteiger partial charge is 0.511 e. The van der Waals surface area contributed by atoms with Crippen molar-refractivity contribution >= 4 is 23.5 Å². The molecule has 148 valence electrons. The minimum atomic E-state index is -0.782. The van der Waals surface area contributed by atoms with Crippen molar-refractivity contribution < 1.29 is 19.4 Å². The SMILES string of the molecule is CSC(C)CC1OC(=O)/C(=C(/O)C(C)Cc2ccc(C(C)(C)C)cc2)C1=O. The maximum Gasteiger partial charge on any atom is 0.346 e. The smallest absolute Gasteiger partial charge is 0.346 e. The van der Waals surface area contributed by atoms with Crippen LogP contribution in [-0.4, -0.2) is 34.5 Å². The molecule has 1 aromatic carbocycles. The number of hydrogen-bond donors (Lipinski definition) is 1. The van der Waals surface area contributed by atoms with E-state index in [1.165, 1.54) is 5.56 Å². The summed E-state index contributed by atoms with van der Waals surface area (Å²) >= 11 is 1.61. The lowest BCUT2D eigenvalue weighted by molar-refractivity contribution is -0.141. The van der Waals surface area contributed by atoms with Gasteiger partial charge in [0.2, 0.25) is 5.78 Å². The number of allylic oxidation sites excluding steroid dienone is 1. The second-order valence-corrected chi connectivity index (χ2v) is 9.63. The first-order chi connectivity index (χ1) is 12.5. The highest BCUT2D eigenvalue weighted by Crippen LogP contribution is 2.29. The molecule has 1 saturated heterocycles. The molecule has 0 saturated carbocycles. The fourth-order valence-corrected chi connectivity index (χ4v) is 3.49. The van der Waals surface area contributed by atoms with Crippen molar-refractivity contribution in [1.82, 2.24) is 0 Å². The van der Waals surface area contributed by atoms with Crippen LogP contribution >= 0.6 is 11.8 Å². The first-order valence-corrected chi connectivity index (χ1v) is 10.6. The summed E-state index contributed by atoms with van der Waals surface area (Å²) in [5, 5.41) is 10.8. The van der Waals surface area contributed by atoms with Crippen LogP contribution < -0.4 is 0 Å². The van der Waals surface area contributed by atoms with Crippen LogP contribution in [-0.2, 0) is 26.2 Å². The molecule has 27 heavy (non-hydrogen) atoms. The molecule has 0 radical (unpaired) electrons. The average molecular weight is 391 g/mol. The molecule has 4 nitrogen and oxygen atoms in total. The van der Waals surface area contributed by atoms with Crippen LogP contribution in [0.1, 0.15) is 52.2 Å². The number of cyclic esters (lactones) is 1. The van der Waals surface area contributed by atoms with Gasteiger partial charge in [0, 0.05) is 17.6 Å². The Labute approximate surface area is 166 Å². The normalized spacial score (nSPS) is 21.8. The first kappa shape index (κ1) is 21.5. The number of aliphatic hydroxyl groups excluding tert-OH is 1. The minimum Gasteiger partial charge on any atom is -0.511 e. The van der Waals surface area contributed by atoms with Crippen LogP contribution in [0, 0.1) is 5.92 Å². The highest BCUT2D eigenvalue weighted by Gasteiger charge is 2.42. The van der Waals surface area contributed by atoms with Crippen molar-refractivity contribution in [2.24, 2.45) is 5.92 Å². The Morgan fingerprint density at radius 1 is 1.19 bits per heavy atom. The molecule has 1 heterocycles. The van der Waals surface area contributed by atoms with E-state index in [4.69, 9.17) is 4.74 Å². The van der Waals surface area contributed by atoms with Crippen molar-refractivity contribution in [2.75, 3.05) is 6.26 Å². The number of Topliss-reactive ketones (excluding diaryl/α,β-unsaturated/α-hetero) is 1. The van der Waals surface area contributed by atoms with Gasteiger partial charge in [-0.1, -0.05) is 58.9 Å². The second-order valence-electron chi connectivity index (χ2n) is 8.35. The van der Waals surface area contributed by atoms with Crippen molar-refractivity contribution in [2.45, 2.75) is 64.2 Å². The van der Waals surface area contributed by atoms with Gasteiger partial charge < -0.3 is 9.84 Å². The topological polar surface area (TPSA) is 63.6 Å². The van der Waals surface area contributed by atoms with Crippen LogP contribution in [0.4, 0.5) is 0 Å². The third-order valence-electron chi connectivity index (χ3n) is 5.03.